The number of nitrogens with one attached hydrogen (secondary N) is 1. The van der Waals surface area contributed by atoms with Gasteiger partial charge in [0.25, 0.3) is 0 Å². The molecule has 0 fully saturated rings. The van der Waals surface area contributed by atoms with Crippen molar-refractivity contribution < 1.29 is 9.59 Å². The zero-order valence-electron chi connectivity index (χ0n) is 20.1. The van der Waals surface area contributed by atoms with E-state index in [9.17, 15) is 9.59 Å². The molecule has 0 heterocycles. The Hall–Kier alpha value is -3.11. The van der Waals surface area contributed by atoms with Gasteiger partial charge in [-0.2, -0.15) is 0 Å². The van der Waals surface area contributed by atoms with E-state index in [1.165, 1.54) is 5.56 Å². The van der Waals surface area contributed by atoms with E-state index in [2.05, 4.69) is 43.4 Å². The van der Waals surface area contributed by atoms with Crippen molar-refractivity contribution in [2.24, 2.45) is 0 Å². The van der Waals surface area contributed by atoms with Crippen LogP contribution in [0.5, 0.6) is 0 Å². The second-order valence-corrected chi connectivity index (χ2v) is 9.30. The maximum absolute atomic E-state index is 13.5. The minimum Gasteiger partial charge on any atom is -0.357 e. The Morgan fingerprint density at radius 1 is 0.853 bits per heavy atom. The quantitative estimate of drug-likeness (QED) is 0.403. The highest BCUT2D eigenvalue weighted by Gasteiger charge is 2.29. The molecule has 3 rings (SSSR count). The van der Waals surface area contributed by atoms with Gasteiger partial charge in [0.05, 0.1) is 0 Å². The topological polar surface area (TPSA) is 49.4 Å². The molecule has 3 aromatic rings. The second-order valence-electron chi connectivity index (χ2n) is 8.86. The van der Waals surface area contributed by atoms with Gasteiger partial charge in [-0.1, -0.05) is 92.2 Å². The van der Waals surface area contributed by atoms with Gasteiger partial charge in [-0.05, 0) is 46.7 Å². The molecule has 0 saturated carbocycles. The molecule has 5 heteroatoms. The molecule has 0 unspecified atom stereocenters. The number of amides is 2. The van der Waals surface area contributed by atoms with E-state index in [-0.39, 0.29) is 11.8 Å². The first-order valence-corrected chi connectivity index (χ1v) is 12.1. The molecule has 0 aliphatic rings. The van der Waals surface area contributed by atoms with Crippen LogP contribution in [0.25, 0.3) is 0 Å². The molecule has 2 amide bonds. The Bertz CT molecular complexity index is 1060. The molecule has 0 saturated heterocycles. The molecule has 0 aliphatic heterocycles. The van der Waals surface area contributed by atoms with Crippen LogP contribution in [0, 0.1) is 0 Å². The van der Waals surface area contributed by atoms with Crippen LogP contribution in [0.15, 0.2) is 78.9 Å². The molecule has 34 heavy (non-hydrogen) atoms. The van der Waals surface area contributed by atoms with E-state index in [1.54, 1.807) is 11.9 Å². The Balaban J connectivity index is 1.83. The molecule has 0 aliphatic carbocycles. The summed E-state index contributed by atoms with van der Waals surface area (Å²) < 4.78 is 0. The average Bonchev–Trinajstić information content (AvgIpc) is 2.86. The number of carbonyl (C=O) groups is 2. The number of rotatable bonds is 10. The summed E-state index contributed by atoms with van der Waals surface area (Å²) in [7, 11) is 1.61. The Morgan fingerprint density at radius 2 is 1.47 bits per heavy atom. The van der Waals surface area contributed by atoms with Crippen LogP contribution in [0.2, 0.25) is 5.02 Å². The number of carbonyl (C=O) groups excluding carboxylic acids is 2. The minimum atomic E-state index is -0.612. The predicted octanol–water partition coefficient (Wildman–Crippen LogP) is 5.78. The maximum Gasteiger partial charge on any atom is 0.242 e. The lowest BCUT2D eigenvalue weighted by Crippen LogP contribution is -2.49. The zero-order valence-corrected chi connectivity index (χ0v) is 20.9. The van der Waals surface area contributed by atoms with Gasteiger partial charge < -0.3 is 10.2 Å². The molecule has 3 aromatic carbocycles. The summed E-state index contributed by atoms with van der Waals surface area (Å²) in [5.74, 6) is 0.247. The van der Waals surface area contributed by atoms with Crippen LogP contribution < -0.4 is 5.32 Å². The molecule has 0 radical (unpaired) electrons. The molecular weight excluding hydrogens is 444 g/mol. The van der Waals surface area contributed by atoms with Gasteiger partial charge in [-0.25, -0.2) is 0 Å². The normalized spacial score (nSPS) is 11.8. The second kappa shape index (κ2) is 12.4. The summed E-state index contributed by atoms with van der Waals surface area (Å²) in [6, 6.07) is 25.0. The van der Waals surface area contributed by atoms with Crippen molar-refractivity contribution in [3.63, 3.8) is 0 Å². The van der Waals surface area contributed by atoms with Gasteiger partial charge in [-0.15, -0.1) is 0 Å². The summed E-state index contributed by atoms with van der Waals surface area (Å²) in [4.78, 5) is 28.2. The standard InChI is InChI=1S/C29H33ClN2O2/c1-21(2)25-14-9-22(10-15-25)13-18-28(33)32(20-24-11-16-26(30)17-12-24)27(29(34)31-3)19-23-7-5-4-6-8-23/h4-12,14-17,21,27H,13,18-20H2,1-3H3,(H,31,34)/t27-/m1/s1. The first-order valence-electron chi connectivity index (χ1n) is 11.8. The fourth-order valence-electron chi connectivity index (χ4n) is 3.97. The monoisotopic (exact) mass is 476 g/mol. The number of benzene rings is 3. The first-order chi connectivity index (χ1) is 16.4. The lowest BCUT2D eigenvalue weighted by Gasteiger charge is -2.31. The molecule has 1 N–H and O–H groups in total. The highest BCUT2D eigenvalue weighted by molar-refractivity contribution is 6.30. The van der Waals surface area contributed by atoms with E-state index < -0.39 is 6.04 Å². The van der Waals surface area contributed by atoms with Crippen molar-refractivity contribution in [2.45, 2.75) is 51.6 Å². The Morgan fingerprint density at radius 3 is 2.06 bits per heavy atom. The highest BCUT2D eigenvalue weighted by Crippen LogP contribution is 2.19. The number of halogens is 1. The highest BCUT2D eigenvalue weighted by atomic mass is 35.5. The van der Waals surface area contributed by atoms with Crippen molar-refractivity contribution in [3.8, 4) is 0 Å². The van der Waals surface area contributed by atoms with Crippen molar-refractivity contribution in [3.05, 3.63) is 106 Å². The zero-order chi connectivity index (χ0) is 24.5. The molecule has 1 atom stereocenters. The molecule has 0 spiro atoms. The van der Waals surface area contributed by atoms with E-state index in [0.717, 1.165) is 16.7 Å². The van der Waals surface area contributed by atoms with Crippen molar-refractivity contribution in [2.75, 3.05) is 7.05 Å². The van der Waals surface area contributed by atoms with Crippen LogP contribution >= 0.6 is 11.6 Å². The summed E-state index contributed by atoms with van der Waals surface area (Å²) in [6.07, 6.45) is 1.40. The smallest absolute Gasteiger partial charge is 0.242 e. The van der Waals surface area contributed by atoms with Crippen LogP contribution in [0.1, 0.15) is 48.4 Å². The number of likely N-dealkylation sites (N-methyl/N-ethyl adjacent to an activating group) is 1. The molecule has 4 nitrogen and oxygen atoms in total. The van der Waals surface area contributed by atoms with E-state index >= 15 is 0 Å². The predicted molar refractivity (Wildman–Crippen MR) is 139 cm³/mol. The van der Waals surface area contributed by atoms with Crippen molar-refractivity contribution in [1.29, 1.82) is 0 Å². The fraction of sp³-hybridized carbons (Fsp3) is 0.310. The van der Waals surface area contributed by atoms with Gasteiger partial charge in [0, 0.05) is 31.5 Å². The van der Waals surface area contributed by atoms with Crippen LogP contribution in [-0.4, -0.2) is 29.8 Å². The van der Waals surface area contributed by atoms with Gasteiger partial charge in [0.15, 0.2) is 0 Å². The maximum atomic E-state index is 13.5. The van der Waals surface area contributed by atoms with Crippen LogP contribution in [0.4, 0.5) is 0 Å². The molecular formula is C29H33ClN2O2. The first kappa shape index (κ1) is 25.5. The lowest BCUT2D eigenvalue weighted by atomic mass is 9.99. The molecule has 0 bridgehead atoms. The molecule has 178 valence electrons. The van der Waals surface area contributed by atoms with Gasteiger partial charge in [-0.3, -0.25) is 9.59 Å². The Kier molecular flexibility index (Phi) is 9.29. The van der Waals surface area contributed by atoms with Crippen LogP contribution in [0.3, 0.4) is 0 Å². The summed E-state index contributed by atoms with van der Waals surface area (Å²) >= 11 is 6.06. The number of hydrogen-bond donors (Lipinski definition) is 1. The van der Waals surface area contributed by atoms with Crippen molar-refractivity contribution >= 4 is 23.4 Å². The van der Waals surface area contributed by atoms with Crippen molar-refractivity contribution in [1.82, 2.24) is 10.2 Å². The lowest BCUT2D eigenvalue weighted by molar-refractivity contribution is -0.141. The van der Waals surface area contributed by atoms with E-state index in [0.29, 0.717) is 36.7 Å². The van der Waals surface area contributed by atoms with Gasteiger partial charge in [0.1, 0.15) is 6.04 Å². The van der Waals surface area contributed by atoms with E-state index in [4.69, 9.17) is 11.6 Å². The fourth-order valence-corrected chi connectivity index (χ4v) is 4.10. The number of aryl methyl sites for hydroxylation is 1. The van der Waals surface area contributed by atoms with E-state index in [1.807, 2.05) is 54.6 Å². The third-order valence-corrected chi connectivity index (χ3v) is 6.31. The number of hydrogen-bond acceptors (Lipinski definition) is 2. The summed E-state index contributed by atoms with van der Waals surface area (Å²) in [6.45, 7) is 4.67. The van der Waals surface area contributed by atoms with Gasteiger partial charge in [0.2, 0.25) is 11.8 Å². The Labute approximate surface area is 207 Å². The average molecular weight is 477 g/mol. The summed E-state index contributed by atoms with van der Waals surface area (Å²) in [5.41, 5.74) is 4.33. The van der Waals surface area contributed by atoms with Gasteiger partial charge >= 0.3 is 0 Å². The number of nitrogens with zero attached hydrogens (tertiary/aromatic N) is 1. The molecule has 0 aromatic heterocycles. The largest absolute Gasteiger partial charge is 0.357 e. The van der Waals surface area contributed by atoms with Crippen LogP contribution in [-0.2, 0) is 29.0 Å². The SMILES string of the molecule is CNC(=O)[C@@H](Cc1ccccc1)N(Cc1ccc(Cl)cc1)C(=O)CCc1ccc(C(C)C)cc1. The third-order valence-electron chi connectivity index (χ3n) is 6.06. The summed E-state index contributed by atoms with van der Waals surface area (Å²) in [5, 5.41) is 3.39. The minimum absolute atomic E-state index is 0.0487. The third kappa shape index (κ3) is 7.19.